The van der Waals surface area contributed by atoms with Crippen LogP contribution >= 0.6 is 0 Å². The Balaban J connectivity index is 0.00000441. The highest BCUT2D eigenvalue weighted by Crippen LogP contribution is 2.38. The number of piperazine rings is 1. The summed E-state index contributed by atoms with van der Waals surface area (Å²) >= 11 is 0. The number of ether oxygens (including phenoxy) is 1. The lowest BCUT2D eigenvalue weighted by atomic mass is 10.1. The van der Waals surface area contributed by atoms with E-state index in [0.29, 0.717) is 39.0 Å². The molecule has 0 saturated carbocycles. The van der Waals surface area contributed by atoms with E-state index in [9.17, 15) is 28.1 Å². The summed E-state index contributed by atoms with van der Waals surface area (Å²) in [5.74, 6) is 0.884. The van der Waals surface area contributed by atoms with Crippen molar-refractivity contribution in [3.05, 3.63) is 58.1 Å². The van der Waals surface area contributed by atoms with Crippen molar-refractivity contribution in [3.8, 4) is 5.75 Å². The summed E-state index contributed by atoms with van der Waals surface area (Å²) in [5.41, 5.74) is -0.771. The van der Waals surface area contributed by atoms with Gasteiger partial charge in [0.1, 0.15) is 11.3 Å². The largest absolute Gasteiger partial charge is 0.497 e. The monoisotopic (exact) mass is 565 g/mol. The second kappa shape index (κ2) is 13.7. The zero-order chi connectivity index (χ0) is 28.0. The first-order valence-corrected chi connectivity index (χ1v) is 13.2. The molecule has 9 nitrogen and oxygen atoms in total. The lowest BCUT2D eigenvalue weighted by molar-refractivity contribution is -0.388. The average Bonchev–Trinajstić information content (AvgIpc) is 3.19. The van der Waals surface area contributed by atoms with Crippen LogP contribution in [-0.2, 0) is 11.0 Å². The molecule has 0 N–H and O–H groups in total. The molecule has 0 radical (unpaired) electrons. The number of methoxy groups -OCH3 is 1. The van der Waals surface area contributed by atoms with E-state index < -0.39 is 22.4 Å². The molecule has 0 unspecified atom stereocenters. The van der Waals surface area contributed by atoms with Gasteiger partial charge in [-0.2, -0.15) is 13.2 Å². The minimum absolute atomic E-state index is 0. The third-order valence-electron chi connectivity index (χ3n) is 7.37. The van der Waals surface area contributed by atoms with Crippen molar-refractivity contribution in [2.24, 2.45) is 0 Å². The molecular formula is C28H38F3N5O4. The van der Waals surface area contributed by atoms with Crippen LogP contribution in [0.2, 0.25) is 0 Å². The Hall–Kier alpha value is -3.54. The second-order valence-electron chi connectivity index (χ2n) is 9.81. The Morgan fingerprint density at radius 3 is 2.17 bits per heavy atom. The summed E-state index contributed by atoms with van der Waals surface area (Å²) in [6.07, 6.45) is -3.04. The van der Waals surface area contributed by atoms with E-state index in [4.69, 9.17) is 4.74 Å². The van der Waals surface area contributed by atoms with Crippen molar-refractivity contribution in [2.45, 2.75) is 32.9 Å². The van der Waals surface area contributed by atoms with Crippen LogP contribution in [0, 0.1) is 10.1 Å². The van der Waals surface area contributed by atoms with E-state index in [1.165, 1.54) is 11.8 Å². The number of alkyl halides is 3. The van der Waals surface area contributed by atoms with Crippen molar-refractivity contribution in [3.63, 3.8) is 0 Å². The van der Waals surface area contributed by atoms with Gasteiger partial charge < -0.3 is 19.4 Å². The van der Waals surface area contributed by atoms with Crippen molar-refractivity contribution in [1.29, 1.82) is 0 Å². The lowest BCUT2D eigenvalue weighted by Crippen LogP contribution is -2.46. The number of rotatable bonds is 8. The Labute approximate surface area is 233 Å². The Kier molecular flexibility index (Phi) is 10.6. The third kappa shape index (κ3) is 7.77. The van der Waals surface area contributed by atoms with Gasteiger partial charge in [-0.25, -0.2) is 0 Å². The highest BCUT2D eigenvalue weighted by Gasteiger charge is 2.39. The maximum Gasteiger partial charge on any atom is 0.423 e. The van der Waals surface area contributed by atoms with E-state index in [0.717, 1.165) is 57.0 Å². The van der Waals surface area contributed by atoms with Gasteiger partial charge in [-0.05, 0) is 55.8 Å². The molecule has 2 aromatic rings. The van der Waals surface area contributed by atoms with Gasteiger partial charge in [0, 0.05) is 76.2 Å². The van der Waals surface area contributed by atoms with Crippen LogP contribution in [0.3, 0.4) is 0 Å². The molecule has 40 heavy (non-hydrogen) atoms. The van der Waals surface area contributed by atoms with Crippen molar-refractivity contribution in [2.75, 3.05) is 75.8 Å². The summed E-state index contributed by atoms with van der Waals surface area (Å²) < 4.78 is 45.4. The molecule has 0 spiro atoms. The number of anilines is 2. The van der Waals surface area contributed by atoms with Crippen molar-refractivity contribution in [1.82, 2.24) is 9.80 Å². The van der Waals surface area contributed by atoms with Crippen LogP contribution < -0.4 is 14.5 Å². The first kappa shape index (κ1) is 31.0. The molecule has 2 aliphatic heterocycles. The van der Waals surface area contributed by atoms with Crippen LogP contribution in [0.25, 0.3) is 0 Å². The maximum atomic E-state index is 13.4. The van der Waals surface area contributed by atoms with E-state index in [1.54, 1.807) is 16.9 Å². The zero-order valence-corrected chi connectivity index (χ0v) is 22.0. The minimum Gasteiger partial charge on any atom is -0.497 e. The predicted octanol–water partition coefficient (Wildman–Crippen LogP) is 4.90. The molecule has 0 aliphatic carbocycles. The number of nitro groups is 1. The van der Waals surface area contributed by atoms with Crippen molar-refractivity contribution < 1.29 is 27.6 Å². The standard InChI is InChI=1S/C27H34F3N5O4.CH4/c1-39-23-8-5-21(6-9-23)33-16-14-31(15-17-33)11-2-4-26(36)34-13-3-12-32(18-19-34)22-7-10-25(35(37)38)24(20-22)27(28,29)30;/h5-10,20H,2-4,11-19H2,1H3;1H4. The minimum atomic E-state index is -4.82. The number of benzene rings is 2. The Morgan fingerprint density at radius 1 is 0.925 bits per heavy atom. The maximum absolute atomic E-state index is 13.4. The molecule has 2 saturated heterocycles. The summed E-state index contributed by atoms with van der Waals surface area (Å²) in [6, 6.07) is 11.1. The van der Waals surface area contributed by atoms with Gasteiger partial charge in [-0.1, -0.05) is 7.43 Å². The number of carbonyl (C=O) groups is 1. The van der Waals surface area contributed by atoms with Gasteiger partial charge in [0.25, 0.3) is 5.69 Å². The summed E-state index contributed by atoms with van der Waals surface area (Å²) in [5, 5.41) is 11.0. The number of hydrogen-bond acceptors (Lipinski definition) is 7. The Bertz CT molecular complexity index is 1140. The predicted molar refractivity (Wildman–Crippen MR) is 149 cm³/mol. The molecule has 2 fully saturated rings. The van der Waals surface area contributed by atoms with Crippen LogP contribution in [0.15, 0.2) is 42.5 Å². The van der Waals surface area contributed by atoms with Crippen LogP contribution in [0.4, 0.5) is 30.2 Å². The highest BCUT2D eigenvalue weighted by atomic mass is 19.4. The van der Waals surface area contributed by atoms with Gasteiger partial charge in [0.2, 0.25) is 5.91 Å². The smallest absolute Gasteiger partial charge is 0.423 e. The second-order valence-corrected chi connectivity index (χ2v) is 9.81. The normalized spacial score (nSPS) is 16.8. The molecule has 1 amide bonds. The van der Waals surface area contributed by atoms with E-state index in [2.05, 4.69) is 21.9 Å². The molecule has 12 heteroatoms. The van der Waals surface area contributed by atoms with E-state index >= 15 is 0 Å². The SMILES string of the molecule is C.COc1ccc(N2CCN(CCCC(=O)N3CCCN(c4ccc([N+](=O)[O-])c(C(F)(F)F)c4)CC3)CC2)cc1. The van der Waals surface area contributed by atoms with Gasteiger partial charge in [-0.15, -0.1) is 0 Å². The number of halogens is 3. The fraction of sp³-hybridized carbons (Fsp3) is 0.536. The summed E-state index contributed by atoms with van der Waals surface area (Å²) in [7, 11) is 1.65. The number of carbonyl (C=O) groups excluding carboxylic acids is 1. The molecule has 2 aromatic carbocycles. The van der Waals surface area contributed by atoms with Gasteiger partial charge in [0.05, 0.1) is 12.0 Å². The number of amides is 1. The average molecular weight is 566 g/mol. The quantitative estimate of drug-likeness (QED) is 0.333. The zero-order valence-electron chi connectivity index (χ0n) is 22.0. The van der Waals surface area contributed by atoms with E-state index in [-0.39, 0.29) is 19.0 Å². The van der Waals surface area contributed by atoms with Crippen LogP contribution in [0.1, 0.15) is 32.3 Å². The lowest BCUT2D eigenvalue weighted by Gasteiger charge is -2.36. The highest BCUT2D eigenvalue weighted by molar-refractivity contribution is 5.76. The first-order valence-electron chi connectivity index (χ1n) is 13.2. The summed E-state index contributed by atoms with van der Waals surface area (Å²) in [4.78, 5) is 31.1. The first-order chi connectivity index (χ1) is 18.7. The number of hydrogen-bond donors (Lipinski definition) is 0. The molecule has 0 atom stereocenters. The topological polar surface area (TPSA) is 82.4 Å². The molecule has 2 heterocycles. The van der Waals surface area contributed by atoms with Gasteiger partial charge >= 0.3 is 6.18 Å². The molecule has 2 aliphatic rings. The number of nitro benzene ring substituents is 1. The van der Waals surface area contributed by atoms with E-state index in [1.807, 2.05) is 12.1 Å². The molecular weight excluding hydrogens is 527 g/mol. The van der Waals surface area contributed by atoms with Gasteiger partial charge in [-0.3, -0.25) is 19.8 Å². The third-order valence-corrected chi connectivity index (χ3v) is 7.37. The molecule has 0 aromatic heterocycles. The van der Waals surface area contributed by atoms with Crippen molar-refractivity contribution >= 4 is 23.0 Å². The molecule has 0 bridgehead atoms. The Morgan fingerprint density at radius 2 is 1.55 bits per heavy atom. The van der Waals surface area contributed by atoms with Crippen LogP contribution in [0.5, 0.6) is 5.75 Å². The molecule has 220 valence electrons. The molecule has 4 rings (SSSR count). The summed E-state index contributed by atoms with van der Waals surface area (Å²) in [6.45, 7) is 6.30. The van der Waals surface area contributed by atoms with Gasteiger partial charge in [0.15, 0.2) is 0 Å². The fourth-order valence-corrected chi connectivity index (χ4v) is 5.17. The number of nitrogens with zero attached hydrogens (tertiary/aromatic N) is 5. The van der Waals surface area contributed by atoms with Crippen LogP contribution in [-0.4, -0.2) is 86.6 Å². The fourth-order valence-electron chi connectivity index (χ4n) is 5.17.